The number of carbonyl (C=O) groups is 1. The molecule has 2 N–H and O–H groups in total. The third-order valence-electron chi connectivity index (χ3n) is 8.50. The second-order valence-electron chi connectivity index (χ2n) is 12.3. The Balaban J connectivity index is 0.000000173. The lowest BCUT2D eigenvalue weighted by molar-refractivity contribution is 0.0604. The molecule has 0 aliphatic rings. The average molecular weight is 671 g/mol. The molecule has 0 unspecified atom stereocenters. The van der Waals surface area contributed by atoms with Crippen molar-refractivity contribution in [2.75, 3.05) is 12.0 Å². The first kappa shape index (κ1) is 33.4. The van der Waals surface area contributed by atoms with Crippen molar-refractivity contribution in [2.45, 2.75) is 39.8 Å². The van der Waals surface area contributed by atoms with Gasteiger partial charge in [0.25, 0.3) is 0 Å². The Morgan fingerprint density at radius 3 is 2.04 bits per heavy atom. The number of esters is 1. The zero-order valence-corrected chi connectivity index (χ0v) is 27.9. The minimum atomic E-state index is -0.502. The number of ether oxygens (including phenoxy) is 1. The van der Waals surface area contributed by atoms with Crippen LogP contribution in [0, 0.1) is 34.3 Å². The number of nitrogens with one attached hydrogen (secondary N) is 2. The molecule has 250 valence electrons. The normalized spacial score (nSPS) is 11.2. The SMILES string of the molecule is CC(C)n1c2cc(F)ccc2c(=O)c2c3ccc(C#N)cc3[nH]c21.COC(=O)c1c(N(c2cccc(F)c2)C(C)C)[nH]c2cc(C#N)ccc12. The van der Waals surface area contributed by atoms with E-state index in [1.807, 2.05) is 37.2 Å². The van der Waals surface area contributed by atoms with Crippen molar-refractivity contribution < 1.29 is 18.3 Å². The van der Waals surface area contributed by atoms with Gasteiger partial charge in [0.15, 0.2) is 5.43 Å². The predicted molar refractivity (Wildman–Crippen MR) is 191 cm³/mol. The van der Waals surface area contributed by atoms with Crippen molar-refractivity contribution in [2.24, 2.45) is 0 Å². The predicted octanol–water partition coefficient (Wildman–Crippen LogP) is 8.74. The van der Waals surface area contributed by atoms with E-state index < -0.39 is 5.97 Å². The number of pyridine rings is 1. The maximum absolute atomic E-state index is 13.8. The van der Waals surface area contributed by atoms with E-state index in [0.29, 0.717) is 61.0 Å². The van der Waals surface area contributed by atoms with E-state index in [9.17, 15) is 18.4 Å². The van der Waals surface area contributed by atoms with E-state index in [1.54, 1.807) is 48.5 Å². The number of methoxy groups -OCH3 is 1. The highest BCUT2D eigenvalue weighted by atomic mass is 19.1. The van der Waals surface area contributed by atoms with Gasteiger partial charge in [-0.15, -0.1) is 0 Å². The van der Waals surface area contributed by atoms with Crippen LogP contribution in [0.4, 0.5) is 20.3 Å². The zero-order chi connectivity index (χ0) is 35.9. The average Bonchev–Trinajstić information content (AvgIpc) is 3.65. The van der Waals surface area contributed by atoms with E-state index in [4.69, 9.17) is 15.3 Å². The molecule has 50 heavy (non-hydrogen) atoms. The van der Waals surface area contributed by atoms with Gasteiger partial charge in [-0.25, -0.2) is 13.6 Å². The number of anilines is 2. The van der Waals surface area contributed by atoms with Crippen LogP contribution in [-0.4, -0.2) is 33.7 Å². The van der Waals surface area contributed by atoms with Gasteiger partial charge >= 0.3 is 5.97 Å². The number of H-pyrrole nitrogens is 2. The monoisotopic (exact) mass is 670 g/mol. The Bertz CT molecular complexity index is 2600. The quantitative estimate of drug-likeness (QED) is 0.176. The second kappa shape index (κ2) is 13.2. The summed E-state index contributed by atoms with van der Waals surface area (Å²) in [6.45, 7) is 7.86. The van der Waals surface area contributed by atoms with Crippen LogP contribution in [0.25, 0.3) is 43.7 Å². The summed E-state index contributed by atoms with van der Waals surface area (Å²) in [4.78, 5) is 33.7. The summed E-state index contributed by atoms with van der Waals surface area (Å²) in [7, 11) is 1.32. The summed E-state index contributed by atoms with van der Waals surface area (Å²) in [5, 5.41) is 20.7. The van der Waals surface area contributed by atoms with Crippen LogP contribution in [-0.2, 0) is 4.74 Å². The Morgan fingerprint density at radius 2 is 1.44 bits per heavy atom. The number of aromatic nitrogens is 3. The van der Waals surface area contributed by atoms with Gasteiger partial charge < -0.3 is 24.2 Å². The number of rotatable bonds is 5. The molecule has 0 radical (unpaired) electrons. The third-order valence-corrected chi connectivity index (χ3v) is 8.50. The Labute approximate surface area is 285 Å². The molecule has 0 saturated carbocycles. The van der Waals surface area contributed by atoms with Gasteiger partial charge in [0.05, 0.1) is 41.3 Å². The molecule has 0 aliphatic carbocycles. The first-order valence-electron chi connectivity index (χ1n) is 15.9. The van der Waals surface area contributed by atoms with Gasteiger partial charge in [-0.1, -0.05) is 18.2 Å². The molecule has 11 heteroatoms. The highest BCUT2D eigenvalue weighted by Crippen LogP contribution is 2.36. The molecule has 0 saturated heterocycles. The van der Waals surface area contributed by atoms with Crippen LogP contribution >= 0.6 is 0 Å². The molecule has 0 amide bonds. The van der Waals surface area contributed by atoms with Crippen molar-refractivity contribution in [3.8, 4) is 12.1 Å². The molecule has 9 nitrogen and oxygen atoms in total. The number of benzene rings is 4. The fourth-order valence-corrected chi connectivity index (χ4v) is 6.40. The minimum Gasteiger partial charge on any atom is -0.465 e. The van der Waals surface area contributed by atoms with Crippen molar-refractivity contribution in [3.63, 3.8) is 0 Å². The summed E-state index contributed by atoms with van der Waals surface area (Å²) in [5.74, 6) is -0.741. The maximum Gasteiger partial charge on any atom is 0.342 e. The molecule has 0 fully saturated rings. The van der Waals surface area contributed by atoms with E-state index in [0.717, 1.165) is 10.9 Å². The molecule has 7 aromatic rings. The number of hydrogen-bond acceptors (Lipinski definition) is 6. The lowest BCUT2D eigenvalue weighted by Gasteiger charge is -2.28. The smallest absolute Gasteiger partial charge is 0.342 e. The van der Waals surface area contributed by atoms with E-state index in [-0.39, 0.29) is 29.1 Å². The minimum absolute atomic E-state index is 0.0286. The fraction of sp³-hybridized carbons (Fsp3) is 0.179. The second-order valence-corrected chi connectivity index (χ2v) is 12.3. The van der Waals surface area contributed by atoms with Gasteiger partial charge in [-0.2, -0.15) is 10.5 Å². The van der Waals surface area contributed by atoms with Crippen LogP contribution < -0.4 is 10.3 Å². The van der Waals surface area contributed by atoms with E-state index >= 15 is 0 Å². The first-order valence-corrected chi connectivity index (χ1v) is 15.9. The van der Waals surface area contributed by atoms with Crippen LogP contribution in [0.3, 0.4) is 0 Å². The summed E-state index contributed by atoms with van der Waals surface area (Å²) in [6, 6.07) is 24.8. The van der Waals surface area contributed by atoms with Crippen molar-refractivity contribution in [1.29, 1.82) is 10.5 Å². The topological polar surface area (TPSA) is 131 Å². The lowest BCUT2D eigenvalue weighted by atomic mass is 10.1. The largest absolute Gasteiger partial charge is 0.465 e. The summed E-state index contributed by atoms with van der Waals surface area (Å²) < 4.78 is 34.4. The third kappa shape index (κ3) is 5.80. The zero-order valence-electron chi connectivity index (χ0n) is 27.9. The molecule has 0 atom stereocenters. The highest BCUT2D eigenvalue weighted by Gasteiger charge is 2.26. The van der Waals surface area contributed by atoms with Crippen molar-refractivity contribution >= 4 is 61.2 Å². The molecular weight excluding hydrogens is 638 g/mol. The van der Waals surface area contributed by atoms with E-state index in [1.165, 1.54) is 37.4 Å². The summed E-state index contributed by atoms with van der Waals surface area (Å²) in [5.41, 5.74) is 4.41. The van der Waals surface area contributed by atoms with Gasteiger partial charge in [-0.3, -0.25) is 4.79 Å². The highest BCUT2D eigenvalue weighted by molar-refractivity contribution is 6.11. The lowest BCUT2D eigenvalue weighted by Crippen LogP contribution is -2.27. The van der Waals surface area contributed by atoms with Crippen LogP contribution in [0.1, 0.15) is 55.2 Å². The van der Waals surface area contributed by atoms with Crippen molar-refractivity contribution in [3.05, 3.63) is 117 Å². The summed E-state index contributed by atoms with van der Waals surface area (Å²) in [6.07, 6.45) is 0. The van der Waals surface area contributed by atoms with Crippen LogP contribution in [0.2, 0.25) is 0 Å². The number of halogens is 2. The summed E-state index contributed by atoms with van der Waals surface area (Å²) >= 11 is 0. The molecule has 3 heterocycles. The van der Waals surface area contributed by atoms with Crippen LogP contribution in [0.15, 0.2) is 83.7 Å². The number of nitrogens with zero attached hydrogens (tertiary/aromatic N) is 4. The molecule has 7 rings (SSSR count). The molecule has 4 aromatic carbocycles. The van der Waals surface area contributed by atoms with Crippen molar-refractivity contribution in [1.82, 2.24) is 14.5 Å². The molecular formula is C39H32F2N6O3. The fourth-order valence-electron chi connectivity index (χ4n) is 6.40. The first-order chi connectivity index (χ1) is 24.0. The molecule has 3 aromatic heterocycles. The number of nitriles is 2. The van der Waals surface area contributed by atoms with E-state index in [2.05, 4.69) is 22.1 Å². The van der Waals surface area contributed by atoms with Gasteiger partial charge in [0, 0.05) is 45.0 Å². The van der Waals surface area contributed by atoms with Crippen LogP contribution in [0.5, 0.6) is 0 Å². The molecule has 0 aliphatic heterocycles. The number of hydrogen-bond donors (Lipinski definition) is 2. The Hall–Kier alpha value is -6.46. The maximum atomic E-state index is 13.8. The van der Waals surface area contributed by atoms with Gasteiger partial charge in [0.2, 0.25) is 0 Å². The number of carbonyl (C=O) groups excluding carboxylic acids is 1. The number of aromatic amines is 2. The van der Waals surface area contributed by atoms with Gasteiger partial charge in [0.1, 0.15) is 28.7 Å². The van der Waals surface area contributed by atoms with Gasteiger partial charge in [-0.05, 0) is 88.4 Å². The Kier molecular flexibility index (Phi) is 8.84. The molecule has 0 bridgehead atoms. The Morgan fingerprint density at radius 1 is 0.820 bits per heavy atom. The standard InChI is InChI=1S/C20H18FN3O2.C19H14FN3O/c1-12(2)24(15-6-4-5-14(21)10-15)19-18(20(25)26-3)16-8-7-13(11-22)9-17(16)23-19;1-10(2)23-16-8-12(20)4-6-14(16)18(24)17-13-5-3-11(9-21)7-15(13)22-19(17)23/h4-10,12,23H,1-3H3;3-8,10,22H,1-2H3. The molecule has 0 spiro atoms. The number of fused-ring (bicyclic) bond motifs is 5.